The van der Waals surface area contributed by atoms with Gasteiger partial charge in [0.25, 0.3) is 6.43 Å². The maximum Gasteiger partial charge on any atom is 0.349 e. The zero-order valence-electron chi connectivity index (χ0n) is 14.3. The Balaban J connectivity index is 1.78. The molecule has 27 heavy (non-hydrogen) atoms. The fraction of sp³-hybridized carbons (Fsp3) is 0.235. The molecule has 1 N–H and O–H groups in total. The fourth-order valence-corrected chi connectivity index (χ4v) is 3.97. The third kappa shape index (κ3) is 3.93. The van der Waals surface area contributed by atoms with Gasteiger partial charge >= 0.3 is 5.97 Å². The minimum atomic E-state index is -2.69. The van der Waals surface area contributed by atoms with Crippen LogP contribution in [-0.2, 0) is 16.1 Å². The molecule has 10 heteroatoms. The maximum absolute atomic E-state index is 12.7. The number of nitrogens with one attached hydrogen (secondary N) is 1. The van der Waals surface area contributed by atoms with Gasteiger partial charge in [-0.15, -0.1) is 11.3 Å². The van der Waals surface area contributed by atoms with E-state index in [-0.39, 0.29) is 17.1 Å². The largest absolute Gasteiger partial charge is 0.465 e. The molecule has 0 atom stereocenters. The number of thiophene rings is 1. The SMILES string of the molecule is COC(=O)c1sc2cc(NC(=O)Cn3nc(C(F)F)cc3C)ccc2c1Cl. The molecule has 0 spiro atoms. The number of ether oxygens (including phenoxy) is 1. The maximum atomic E-state index is 12.7. The number of rotatable bonds is 5. The van der Waals surface area contributed by atoms with E-state index >= 15 is 0 Å². The van der Waals surface area contributed by atoms with E-state index in [9.17, 15) is 18.4 Å². The number of nitrogens with zero attached hydrogens (tertiary/aromatic N) is 2. The first-order chi connectivity index (χ1) is 12.8. The molecule has 142 valence electrons. The summed E-state index contributed by atoms with van der Waals surface area (Å²) in [5.74, 6) is -0.951. The Morgan fingerprint density at radius 2 is 2.11 bits per heavy atom. The van der Waals surface area contributed by atoms with Gasteiger partial charge in [-0.05, 0) is 31.2 Å². The average molecular weight is 414 g/mol. The molecule has 2 heterocycles. The Morgan fingerprint density at radius 3 is 2.74 bits per heavy atom. The lowest BCUT2D eigenvalue weighted by Crippen LogP contribution is -2.20. The molecule has 0 aliphatic carbocycles. The quantitative estimate of drug-likeness (QED) is 0.628. The average Bonchev–Trinajstić information content (AvgIpc) is 3.15. The van der Waals surface area contributed by atoms with Crippen LogP contribution in [0.25, 0.3) is 10.1 Å². The molecular weight excluding hydrogens is 400 g/mol. The first-order valence-electron chi connectivity index (χ1n) is 7.73. The summed E-state index contributed by atoms with van der Waals surface area (Å²) in [6.45, 7) is 1.40. The third-order valence-electron chi connectivity index (χ3n) is 3.80. The van der Waals surface area contributed by atoms with Gasteiger partial charge < -0.3 is 10.1 Å². The van der Waals surface area contributed by atoms with Crippen molar-refractivity contribution in [3.05, 3.63) is 45.6 Å². The number of halogens is 3. The van der Waals surface area contributed by atoms with Gasteiger partial charge in [-0.3, -0.25) is 9.48 Å². The molecule has 0 radical (unpaired) electrons. The van der Waals surface area contributed by atoms with Crippen LogP contribution in [0.4, 0.5) is 14.5 Å². The number of carbonyl (C=O) groups excluding carboxylic acids is 2. The van der Waals surface area contributed by atoms with E-state index in [1.807, 2.05) is 0 Å². The summed E-state index contributed by atoms with van der Waals surface area (Å²) in [6, 6.07) is 6.24. The first kappa shape index (κ1) is 19.2. The molecule has 6 nitrogen and oxygen atoms in total. The summed E-state index contributed by atoms with van der Waals surface area (Å²) in [5.41, 5.74) is 0.578. The number of amides is 1. The number of esters is 1. The van der Waals surface area contributed by atoms with Gasteiger partial charge in [-0.25, -0.2) is 13.6 Å². The minimum absolute atomic E-state index is 0.199. The van der Waals surface area contributed by atoms with Crippen molar-refractivity contribution in [2.75, 3.05) is 12.4 Å². The fourth-order valence-electron chi connectivity index (χ4n) is 2.51. The van der Waals surface area contributed by atoms with Crippen LogP contribution in [0.1, 0.15) is 27.5 Å². The van der Waals surface area contributed by atoms with Crippen LogP contribution >= 0.6 is 22.9 Å². The summed E-state index contributed by atoms with van der Waals surface area (Å²) < 4.78 is 32.0. The van der Waals surface area contributed by atoms with Crippen LogP contribution < -0.4 is 5.32 Å². The number of aromatic nitrogens is 2. The second-order valence-electron chi connectivity index (χ2n) is 5.66. The molecule has 3 aromatic rings. The van der Waals surface area contributed by atoms with E-state index in [1.54, 1.807) is 25.1 Å². The summed E-state index contributed by atoms with van der Waals surface area (Å²) >= 11 is 7.34. The lowest BCUT2D eigenvalue weighted by atomic mass is 10.2. The van der Waals surface area contributed by atoms with E-state index in [1.165, 1.54) is 17.9 Å². The second-order valence-corrected chi connectivity index (χ2v) is 7.09. The minimum Gasteiger partial charge on any atom is -0.465 e. The van der Waals surface area contributed by atoms with E-state index in [4.69, 9.17) is 16.3 Å². The summed E-state index contributed by atoms with van der Waals surface area (Å²) in [4.78, 5) is 24.2. The van der Waals surface area contributed by atoms with E-state index in [0.29, 0.717) is 26.5 Å². The lowest BCUT2D eigenvalue weighted by molar-refractivity contribution is -0.117. The number of anilines is 1. The zero-order chi connectivity index (χ0) is 19.7. The number of hydrogen-bond acceptors (Lipinski definition) is 5. The Morgan fingerprint density at radius 1 is 1.37 bits per heavy atom. The number of hydrogen-bond donors (Lipinski definition) is 1. The summed E-state index contributed by atoms with van der Waals surface area (Å²) in [7, 11) is 1.27. The van der Waals surface area contributed by atoms with Crippen LogP contribution in [-0.4, -0.2) is 28.8 Å². The van der Waals surface area contributed by atoms with Gasteiger partial charge in [-0.1, -0.05) is 11.6 Å². The molecule has 0 saturated carbocycles. The molecule has 1 amide bonds. The molecule has 0 saturated heterocycles. The summed E-state index contributed by atoms with van der Waals surface area (Å²) in [6.07, 6.45) is -2.69. The van der Waals surface area contributed by atoms with Crippen LogP contribution in [0.2, 0.25) is 5.02 Å². The molecule has 0 aliphatic rings. The Bertz CT molecular complexity index is 1030. The van der Waals surface area contributed by atoms with Crippen molar-refractivity contribution in [2.45, 2.75) is 19.9 Å². The van der Waals surface area contributed by atoms with Crippen molar-refractivity contribution >= 4 is 50.6 Å². The van der Waals surface area contributed by atoms with Gasteiger partial charge in [0.05, 0.1) is 12.1 Å². The molecule has 3 rings (SSSR count). The topological polar surface area (TPSA) is 73.2 Å². The smallest absolute Gasteiger partial charge is 0.349 e. The van der Waals surface area contributed by atoms with Crippen LogP contribution in [0.15, 0.2) is 24.3 Å². The first-order valence-corrected chi connectivity index (χ1v) is 8.92. The summed E-state index contributed by atoms with van der Waals surface area (Å²) in [5, 5.41) is 7.37. The van der Waals surface area contributed by atoms with Crippen molar-refractivity contribution in [1.82, 2.24) is 9.78 Å². The number of carbonyl (C=O) groups is 2. The highest BCUT2D eigenvalue weighted by Crippen LogP contribution is 2.37. The van der Waals surface area contributed by atoms with Gasteiger partial charge in [0.2, 0.25) is 5.91 Å². The number of fused-ring (bicyclic) bond motifs is 1. The molecule has 2 aromatic heterocycles. The van der Waals surface area contributed by atoms with E-state index in [0.717, 1.165) is 11.3 Å². The molecule has 0 fully saturated rings. The molecule has 0 aliphatic heterocycles. The Hall–Kier alpha value is -2.52. The predicted octanol–water partition coefficient (Wildman–Crippen LogP) is 4.42. The number of aryl methyl sites for hydroxylation is 1. The van der Waals surface area contributed by atoms with Gasteiger partial charge in [0.1, 0.15) is 17.1 Å². The van der Waals surface area contributed by atoms with Crippen molar-refractivity contribution < 1.29 is 23.1 Å². The van der Waals surface area contributed by atoms with E-state index in [2.05, 4.69) is 10.4 Å². The number of benzene rings is 1. The molecule has 0 bridgehead atoms. The lowest BCUT2D eigenvalue weighted by Gasteiger charge is -2.07. The number of alkyl halides is 2. The zero-order valence-corrected chi connectivity index (χ0v) is 15.8. The van der Waals surface area contributed by atoms with Crippen LogP contribution in [0, 0.1) is 6.92 Å². The molecule has 1 aromatic carbocycles. The highest BCUT2D eigenvalue weighted by molar-refractivity contribution is 7.21. The van der Waals surface area contributed by atoms with Gasteiger partial charge in [0, 0.05) is 21.5 Å². The van der Waals surface area contributed by atoms with Crippen molar-refractivity contribution in [1.29, 1.82) is 0 Å². The van der Waals surface area contributed by atoms with Crippen molar-refractivity contribution in [2.24, 2.45) is 0 Å². The van der Waals surface area contributed by atoms with Crippen molar-refractivity contribution in [3.8, 4) is 0 Å². The van der Waals surface area contributed by atoms with E-state index < -0.39 is 18.3 Å². The molecular formula is C17H14ClF2N3O3S. The van der Waals surface area contributed by atoms with Crippen LogP contribution in [0.3, 0.4) is 0 Å². The Kier molecular flexibility index (Phi) is 5.43. The number of methoxy groups -OCH3 is 1. The third-order valence-corrected chi connectivity index (χ3v) is 5.44. The Labute approximate surface area is 161 Å². The predicted molar refractivity (Wildman–Crippen MR) is 98.7 cm³/mol. The van der Waals surface area contributed by atoms with Crippen LogP contribution in [0.5, 0.6) is 0 Å². The highest BCUT2D eigenvalue weighted by Gasteiger charge is 2.18. The van der Waals surface area contributed by atoms with Crippen molar-refractivity contribution in [3.63, 3.8) is 0 Å². The standard InChI is InChI=1S/C17H14ClF2N3O3S/c1-8-5-11(16(19)20)22-23(8)7-13(24)21-9-3-4-10-12(6-9)27-15(14(10)18)17(25)26-2/h3-6,16H,7H2,1-2H3,(H,21,24). The van der Waals surface area contributed by atoms with Gasteiger partial charge in [-0.2, -0.15) is 5.10 Å². The monoisotopic (exact) mass is 413 g/mol. The van der Waals surface area contributed by atoms with Gasteiger partial charge in [0.15, 0.2) is 0 Å². The molecule has 0 unspecified atom stereocenters. The second kappa shape index (κ2) is 7.61. The highest BCUT2D eigenvalue weighted by atomic mass is 35.5. The normalized spacial score (nSPS) is 11.2.